The molecule has 26 heavy (non-hydrogen) atoms. The molecule has 0 unspecified atom stereocenters. The van der Waals surface area contributed by atoms with E-state index < -0.39 is 24.1 Å². The average molecular weight is 359 g/mol. The first-order valence-corrected chi connectivity index (χ1v) is 8.31. The fourth-order valence-electron chi connectivity index (χ4n) is 2.20. The van der Waals surface area contributed by atoms with Gasteiger partial charge in [0, 0.05) is 6.54 Å². The monoisotopic (exact) mass is 359 g/mol. The summed E-state index contributed by atoms with van der Waals surface area (Å²) in [5, 5.41) is 2.64. The molecule has 2 aromatic carbocycles. The van der Waals surface area contributed by atoms with Gasteiger partial charge in [0.05, 0.1) is 0 Å². The molecule has 2 rings (SSSR count). The Kier molecular flexibility index (Phi) is 6.72. The van der Waals surface area contributed by atoms with Crippen LogP contribution in [0.15, 0.2) is 48.5 Å². The highest BCUT2D eigenvalue weighted by molar-refractivity contribution is 5.84. The van der Waals surface area contributed by atoms with Crippen LogP contribution in [0.25, 0.3) is 0 Å². The normalized spacial score (nSPS) is 12.8. The molecule has 5 nitrogen and oxygen atoms in total. The van der Waals surface area contributed by atoms with Crippen LogP contribution in [-0.4, -0.2) is 24.1 Å². The summed E-state index contributed by atoms with van der Waals surface area (Å²) in [5.41, 5.74) is 1.76. The topological polar surface area (TPSA) is 64.6 Å². The summed E-state index contributed by atoms with van der Waals surface area (Å²) < 4.78 is 23.5. The van der Waals surface area contributed by atoms with E-state index in [2.05, 4.69) is 5.32 Å². The summed E-state index contributed by atoms with van der Waals surface area (Å²) in [6, 6.07) is 13.1. The number of halogens is 1. The number of hydrogen-bond acceptors (Lipinski definition) is 4. The van der Waals surface area contributed by atoms with Crippen molar-refractivity contribution in [2.24, 2.45) is 0 Å². The average Bonchev–Trinajstić information content (AvgIpc) is 2.60. The van der Waals surface area contributed by atoms with Gasteiger partial charge in [-0.15, -0.1) is 0 Å². The van der Waals surface area contributed by atoms with Crippen LogP contribution < -0.4 is 10.1 Å². The molecule has 138 valence electrons. The third-order valence-corrected chi connectivity index (χ3v) is 3.68. The fraction of sp³-hybridized carbons (Fsp3) is 0.300. The number of rotatable bonds is 7. The molecule has 0 saturated carbocycles. The van der Waals surface area contributed by atoms with Gasteiger partial charge in [-0.2, -0.15) is 0 Å². The van der Waals surface area contributed by atoms with Crippen molar-refractivity contribution in [1.82, 2.24) is 5.32 Å². The molecule has 0 aliphatic heterocycles. The molecule has 0 spiro atoms. The van der Waals surface area contributed by atoms with Crippen LogP contribution in [0.1, 0.15) is 25.0 Å². The maximum absolute atomic E-state index is 12.9. The Balaban J connectivity index is 1.81. The lowest BCUT2D eigenvalue weighted by Crippen LogP contribution is -2.38. The maximum atomic E-state index is 12.9. The standard InChI is InChI=1S/C20H22FNO4/c1-13-5-4-6-18(11-13)25-15(3)20(24)26-14(2)19(23)22-12-16-7-9-17(21)10-8-16/h4-11,14-15H,12H2,1-3H3,(H,22,23)/t14-,15+/m1/s1. The molecule has 0 bridgehead atoms. The van der Waals surface area contributed by atoms with Gasteiger partial charge in [0.25, 0.3) is 5.91 Å². The molecule has 0 aliphatic rings. The molecule has 2 aromatic rings. The lowest BCUT2D eigenvalue weighted by molar-refractivity contribution is -0.160. The summed E-state index contributed by atoms with van der Waals surface area (Å²) >= 11 is 0. The molecule has 0 radical (unpaired) electrons. The fourth-order valence-corrected chi connectivity index (χ4v) is 2.20. The second-order valence-corrected chi connectivity index (χ2v) is 6.00. The van der Waals surface area contributed by atoms with Crippen LogP contribution in [0.2, 0.25) is 0 Å². The number of benzene rings is 2. The van der Waals surface area contributed by atoms with Crippen LogP contribution in [0, 0.1) is 12.7 Å². The number of nitrogens with one attached hydrogen (secondary N) is 1. The second kappa shape index (κ2) is 8.99. The first-order chi connectivity index (χ1) is 12.3. The van der Waals surface area contributed by atoms with Gasteiger partial charge in [-0.05, 0) is 56.2 Å². The Labute approximate surface area is 152 Å². The Morgan fingerprint density at radius 2 is 1.77 bits per heavy atom. The Hall–Kier alpha value is -2.89. The van der Waals surface area contributed by atoms with Crippen molar-refractivity contribution in [3.05, 3.63) is 65.5 Å². The zero-order chi connectivity index (χ0) is 19.1. The molecule has 0 heterocycles. The highest BCUT2D eigenvalue weighted by Crippen LogP contribution is 2.15. The van der Waals surface area contributed by atoms with E-state index in [0.717, 1.165) is 11.1 Å². The van der Waals surface area contributed by atoms with E-state index in [0.29, 0.717) is 5.75 Å². The van der Waals surface area contributed by atoms with Gasteiger partial charge in [0.1, 0.15) is 11.6 Å². The van der Waals surface area contributed by atoms with Crippen LogP contribution in [0.5, 0.6) is 5.75 Å². The minimum atomic E-state index is -0.966. The minimum absolute atomic E-state index is 0.219. The molecule has 1 amide bonds. The Morgan fingerprint density at radius 1 is 1.08 bits per heavy atom. The zero-order valence-corrected chi connectivity index (χ0v) is 15.0. The molecule has 0 aromatic heterocycles. The first kappa shape index (κ1) is 19.4. The molecule has 0 saturated heterocycles. The van der Waals surface area contributed by atoms with Gasteiger partial charge in [0.2, 0.25) is 0 Å². The summed E-state index contributed by atoms with van der Waals surface area (Å²) in [6.45, 7) is 5.19. The lowest BCUT2D eigenvalue weighted by atomic mass is 10.2. The molecule has 6 heteroatoms. The van der Waals surface area contributed by atoms with Gasteiger partial charge in [0.15, 0.2) is 12.2 Å². The minimum Gasteiger partial charge on any atom is -0.479 e. The quantitative estimate of drug-likeness (QED) is 0.772. The molecule has 2 atom stereocenters. The van der Waals surface area contributed by atoms with Gasteiger partial charge in [-0.3, -0.25) is 4.79 Å². The predicted molar refractivity (Wildman–Crippen MR) is 95.1 cm³/mol. The van der Waals surface area contributed by atoms with Crippen LogP contribution in [0.3, 0.4) is 0 Å². The van der Waals surface area contributed by atoms with Crippen molar-refractivity contribution in [1.29, 1.82) is 0 Å². The third-order valence-electron chi connectivity index (χ3n) is 3.68. The van der Waals surface area contributed by atoms with Crippen molar-refractivity contribution in [3.63, 3.8) is 0 Å². The van der Waals surface area contributed by atoms with Crippen molar-refractivity contribution in [2.75, 3.05) is 0 Å². The van der Waals surface area contributed by atoms with E-state index >= 15 is 0 Å². The van der Waals surface area contributed by atoms with Crippen LogP contribution in [-0.2, 0) is 20.9 Å². The van der Waals surface area contributed by atoms with E-state index in [1.54, 1.807) is 25.1 Å². The van der Waals surface area contributed by atoms with E-state index in [1.165, 1.54) is 19.1 Å². The van der Waals surface area contributed by atoms with Gasteiger partial charge < -0.3 is 14.8 Å². The van der Waals surface area contributed by atoms with Crippen molar-refractivity contribution in [3.8, 4) is 5.75 Å². The lowest BCUT2D eigenvalue weighted by Gasteiger charge is -2.18. The summed E-state index contributed by atoms with van der Waals surface area (Å²) in [6.07, 6.45) is -1.81. The predicted octanol–water partition coefficient (Wildman–Crippen LogP) is 3.15. The van der Waals surface area contributed by atoms with Gasteiger partial charge >= 0.3 is 5.97 Å². The number of esters is 1. The van der Waals surface area contributed by atoms with E-state index in [-0.39, 0.29) is 12.4 Å². The van der Waals surface area contributed by atoms with Crippen LogP contribution in [0.4, 0.5) is 4.39 Å². The Morgan fingerprint density at radius 3 is 2.42 bits per heavy atom. The summed E-state index contributed by atoms with van der Waals surface area (Å²) in [5.74, 6) is -0.853. The maximum Gasteiger partial charge on any atom is 0.347 e. The number of aryl methyl sites for hydroxylation is 1. The van der Waals surface area contributed by atoms with Crippen LogP contribution >= 0.6 is 0 Å². The largest absolute Gasteiger partial charge is 0.479 e. The molecule has 0 fully saturated rings. The zero-order valence-electron chi connectivity index (χ0n) is 15.0. The van der Waals surface area contributed by atoms with Crippen molar-refractivity contribution >= 4 is 11.9 Å². The third kappa shape index (κ3) is 5.88. The van der Waals surface area contributed by atoms with E-state index in [4.69, 9.17) is 9.47 Å². The van der Waals surface area contributed by atoms with E-state index in [1.807, 2.05) is 25.1 Å². The molecular weight excluding hydrogens is 337 g/mol. The second-order valence-electron chi connectivity index (χ2n) is 6.00. The highest BCUT2D eigenvalue weighted by atomic mass is 19.1. The number of carbonyl (C=O) groups is 2. The number of ether oxygens (including phenoxy) is 2. The molecular formula is C20H22FNO4. The summed E-state index contributed by atoms with van der Waals surface area (Å²) in [4.78, 5) is 24.1. The van der Waals surface area contributed by atoms with E-state index in [9.17, 15) is 14.0 Å². The SMILES string of the molecule is Cc1cccc(O[C@@H](C)C(=O)O[C@H](C)C(=O)NCc2ccc(F)cc2)c1. The number of hydrogen-bond donors (Lipinski definition) is 1. The van der Waals surface area contributed by atoms with Gasteiger partial charge in [-0.25, -0.2) is 9.18 Å². The summed E-state index contributed by atoms with van der Waals surface area (Å²) in [7, 11) is 0. The smallest absolute Gasteiger partial charge is 0.347 e. The van der Waals surface area contributed by atoms with Gasteiger partial charge in [-0.1, -0.05) is 24.3 Å². The first-order valence-electron chi connectivity index (χ1n) is 8.31. The molecule has 1 N–H and O–H groups in total. The number of carbonyl (C=O) groups excluding carboxylic acids is 2. The highest BCUT2D eigenvalue weighted by Gasteiger charge is 2.23. The van der Waals surface area contributed by atoms with Crippen molar-refractivity contribution < 1.29 is 23.5 Å². The number of amides is 1. The molecule has 0 aliphatic carbocycles. The Bertz CT molecular complexity index is 761. The van der Waals surface area contributed by atoms with Crippen molar-refractivity contribution in [2.45, 2.75) is 39.5 Å².